The number of piperazine rings is 1. The van der Waals surface area contributed by atoms with Crippen LogP contribution in [-0.2, 0) is 29.0 Å². The Balaban J connectivity index is 1.62. The van der Waals surface area contributed by atoms with Gasteiger partial charge in [-0.3, -0.25) is 14.4 Å². The minimum Gasteiger partial charge on any atom is -0.342 e. The number of benzene rings is 1. The highest BCUT2D eigenvalue weighted by molar-refractivity contribution is 5.97. The Morgan fingerprint density at radius 2 is 1.72 bits per heavy atom. The lowest BCUT2D eigenvalue weighted by molar-refractivity contribution is -0.152. The van der Waals surface area contributed by atoms with E-state index in [9.17, 15) is 14.4 Å². The van der Waals surface area contributed by atoms with Gasteiger partial charge in [0.25, 0.3) is 5.56 Å². The summed E-state index contributed by atoms with van der Waals surface area (Å²) in [6.45, 7) is 4.21. The van der Waals surface area contributed by atoms with Crippen LogP contribution < -0.4 is 10.9 Å². The number of pyridine rings is 1. The van der Waals surface area contributed by atoms with E-state index in [1.807, 2.05) is 26.0 Å². The van der Waals surface area contributed by atoms with Crippen LogP contribution in [0.3, 0.4) is 0 Å². The van der Waals surface area contributed by atoms with Gasteiger partial charge in [-0.05, 0) is 48.3 Å². The molecule has 2 heterocycles. The van der Waals surface area contributed by atoms with Crippen LogP contribution in [0.4, 0.5) is 0 Å². The van der Waals surface area contributed by atoms with Crippen molar-refractivity contribution >= 4 is 11.8 Å². The fourth-order valence-electron chi connectivity index (χ4n) is 4.57. The van der Waals surface area contributed by atoms with E-state index in [4.69, 9.17) is 0 Å². The van der Waals surface area contributed by atoms with E-state index in [-0.39, 0.29) is 35.8 Å². The number of carbonyl (C=O) groups is 2. The van der Waals surface area contributed by atoms with Gasteiger partial charge in [-0.2, -0.15) is 0 Å². The monoisotopic (exact) mass is 393 g/mol. The number of amides is 2. The molecule has 152 valence electrons. The summed E-state index contributed by atoms with van der Waals surface area (Å²) in [5, 5.41) is 3.01. The minimum absolute atomic E-state index is 0.0420. The summed E-state index contributed by atoms with van der Waals surface area (Å²) in [5.74, 6) is 0.0886. The lowest BCUT2D eigenvalue weighted by atomic mass is 9.90. The van der Waals surface area contributed by atoms with Crippen LogP contribution >= 0.6 is 0 Å². The summed E-state index contributed by atoms with van der Waals surface area (Å²) in [7, 11) is 0. The summed E-state index contributed by atoms with van der Waals surface area (Å²) < 4.78 is 0. The van der Waals surface area contributed by atoms with Crippen LogP contribution in [0.5, 0.6) is 0 Å². The molecule has 2 aromatic rings. The second-order valence-electron chi connectivity index (χ2n) is 8.56. The molecule has 4 rings (SSSR count). The molecule has 2 aliphatic rings. The van der Waals surface area contributed by atoms with Gasteiger partial charge in [0.2, 0.25) is 11.8 Å². The summed E-state index contributed by atoms with van der Waals surface area (Å²) in [5.41, 5.74) is 2.77. The minimum atomic E-state index is -0.555. The smallest absolute Gasteiger partial charge is 0.252 e. The number of rotatable bonds is 5. The zero-order valence-electron chi connectivity index (χ0n) is 16.9. The number of nitrogens with one attached hydrogen (secondary N) is 2. The summed E-state index contributed by atoms with van der Waals surface area (Å²) in [6, 6.07) is 10.5. The zero-order chi connectivity index (χ0) is 20.5. The fourth-order valence-corrected chi connectivity index (χ4v) is 4.57. The molecule has 1 aromatic carbocycles. The number of aromatic nitrogens is 1. The summed E-state index contributed by atoms with van der Waals surface area (Å²) in [4.78, 5) is 43.0. The molecular weight excluding hydrogens is 366 g/mol. The molecular formula is C23H27N3O3. The maximum atomic E-state index is 13.5. The van der Waals surface area contributed by atoms with Crippen molar-refractivity contribution in [2.45, 2.75) is 51.7 Å². The Morgan fingerprint density at radius 3 is 2.34 bits per heavy atom. The van der Waals surface area contributed by atoms with Crippen molar-refractivity contribution in [1.29, 1.82) is 0 Å². The van der Waals surface area contributed by atoms with Crippen molar-refractivity contribution in [3.05, 3.63) is 69.6 Å². The number of H-pyrrole nitrogens is 1. The Labute approximate surface area is 170 Å². The lowest BCUT2D eigenvalue weighted by Crippen LogP contribution is -2.65. The third kappa shape index (κ3) is 3.84. The highest BCUT2D eigenvalue weighted by Gasteiger charge is 2.45. The average Bonchev–Trinajstić information content (AvgIpc) is 3.12. The van der Waals surface area contributed by atoms with Crippen LogP contribution in [0.1, 0.15) is 37.0 Å². The number of nitrogens with zero attached hydrogens (tertiary/aromatic N) is 1. The first-order chi connectivity index (χ1) is 13.9. The van der Waals surface area contributed by atoms with Gasteiger partial charge >= 0.3 is 0 Å². The van der Waals surface area contributed by atoms with Gasteiger partial charge in [0.1, 0.15) is 12.1 Å². The number of hydrogen-bond donors (Lipinski definition) is 2. The van der Waals surface area contributed by atoms with E-state index in [2.05, 4.69) is 22.4 Å². The Kier molecular flexibility index (Phi) is 5.26. The maximum absolute atomic E-state index is 13.5. The standard InChI is InChI=1S/C23H27N3O3/c1-14(2)10-19-22(28)25-20(18-11-15-6-3-4-7-16(15)12-18)23(29)26(19)13-17-8-5-9-24-21(17)27/h3-9,14,18-20H,10-13H2,1-2H3,(H,24,27)(H,25,28)/t19-,20-/m1/s1. The van der Waals surface area contributed by atoms with E-state index < -0.39 is 12.1 Å². The Morgan fingerprint density at radius 1 is 1.03 bits per heavy atom. The van der Waals surface area contributed by atoms with Gasteiger partial charge in [0, 0.05) is 11.8 Å². The molecule has 29 heavy (non-hydrogen) atoms. The van der Waals surface area contributed by atoms with Crippen LogP contribution in [0, 0.1) is 11.8 Å². The van der Waals surface area contributed by atoms with Crippen LogP contribution in [0.25, 0.3) is 0 Å². The zero-order valence-corrected chi connectivity index (χ0v) is 16.9. The second-order valence-corrected chi connectivity index (χ2v) is 8.56. The van der Waals surface area contributed by atoms with E-state index in [0.717, 1.165) is 12.8 Å². The first kappa shape index (κ1) is 19.4. The van der Waals surface area contributed by atoms with Gasteiger partial charge in [0.05, 0.1) is 6.54 Å². The molecule has 0 unspecified atom stereocenters. The fraction of sp³-hybridized carbons (Fsp3) is 0.435. The van der Waals surface area contributed by atoms with Crippen LogP contribution in [0.15, 0.2) is 47.4 Å². The molecule has 6 nitrogen and oxygen atoms in total. The molecule has 2 N–H and O–H groups in total. The van der Waals surface area contributed by atoms with E-state index in [0.29, 0.717) is 12.0 Å². The molecule has 0 saturated carbocycles. The van der Waals surface area contributed by atoms with Gasteiger partial charge in [0.15, 0.2) is 0 Å². The predicted molar refractivity (Wildman–Crippen MR) is 110 cm³/mol. The van der Waals surface area contributed by atoms with Crippen LogP contribution in [0.2, 0.25) is 0 Å². The van der Waals surface area contributed by atoms with Crippen molar-refractivity contribution < 1.29 is 9.59 Å². The molecule has 6 heteroatoms. The molecule has 1 fully saturated rings. The predicted octanol–water partition coefficient (Wildman–Crippen LogP) is 2.03. The van der Waals surface area contributed by atoms with Crippen molar-refractivity contribution in [2.24, 2.45) is 11.8 Å². The molecule has 0 spiro atoms. The molecule has 1 aliphatic heterocycles. The van der Waals surface area contributed by atoms with Gasteiger partial charge in [-0.1, -0.05) is 44.2 Å². The average molecular weight is 393 g/mol. The second kappa shape index (κ2) is 7.85. The maximum Gasteiger partial charge on any atom is 0.252 e. The molecule has 2 amide bonds. The third-order valence-electron chi connectivity index (χ3n) is 6.01. The van der Waals surface area contributed by atoms with Gasteiger partial charge in [-0.15, -0.1) is 0 Å². The topological polar surface area (TPSA) is 82.3 Å². The quantitative estimate of drug-likeness (QED) is 0.816. The van der Waals surface area contributed by atoms with Crippen LogP contribution in [-0.4, -0.2) is 33.8 Å². The Bertz CT molecular complexity index is 956. The molecule has 1 aromatic heterocycles. The van der Waals surface area contributed by atoms with Crippen molar-refractivity contribution in [2.75, 3.05) is 0 Å². The molecule has 0 radical (unpaired) electrons. The highest BCUT2D eigenvalue weighted by Crippen LogP contribution is 2.32. The first-order valence-electron chi connectivity index (χ1n) is 10.3. The molecule has 1 saturated heterocycles. The largest absolute Gasteiger partial charge is 0.342 e. The van der Waals surface area contributed by atoms with E-state index in [1.165, 1.54) is 11.1 Å². The summed E-state index contributed by atoms with van der Waals surface area (Å²) in [6.07, 6.45) is 3.70. The Hall–Kier alpha value is -2.89. The van der Waals surface area contributed by atoms with E-state index >= 15 is 0 Å². The SMILES string of the molecule is CC(C)C[C@@H]1C(=O)N[C@H](C2Cc3ccccc3C2)C(=O)N1Cc1ccc[nH]c1=O. The number of hydrogen-bond acceptors (Lipinski definition) is 3. The van der Waals surface area contributed by atoms with E-state index in [1.54, 1.807) is 23.2 Å². The van der Waals surface area contributed by atoms with Gasteiger partial charge < -0.3 is 15.2 Å². The molecule has 2 atom stereocenters. The first-order valence-corrected chi connectivity index (χ1v) is 10.3. The van der Waals surface area contributed by atoms with Crippen molar-refractivity contribution in [3.8, 4) is 0 Å². The summed E-state index contributed by atoms with van der Waals surface area (Å²) >= 11 is 0. The van der Waals surface area contributed by atoms with Crippen molar-refractivity contribution in [1.82, 2.24) is 15.2 Å². The number of carbonyl (C=O) groups excluding carboxylic acids is 2. The lowest BCUT2D eigenvalue weighted by Gasteiger charge is -2.41. The third-order valence-corrected chi connectivity index (χ3v) is 6.01. The normalized spacial score (nSPS) is 22.1. The number of fused-ring (bicyclic) bond motifs is 1. The highest BCUT2D eigenvalue weighted by atomic mass is 16.2. The van der Waals surface area contributed by atoms with Crippen molar-refractivity contribution in [3.63, 3.8) is 0 Å². The molecule has 0 bridgehead atoms. The molecule has 1 aliphatic carbocycles. The van der Waals surface area contributed by atoms with Gasteiger partial charge in [-0.25, -0.2) is 0 Å². The number of aromatic amines is 1.